The smallest absolute Gasteiger partial charge is 0.160 e. The van der Waals surface area contributed by atoms with Gasteiger partial charge in [0.2, 0.25) is 0 Å². The van der Waals surface area contributed by atoms with Crippen molar-refractivity contribution < 1.29 is 8.78 Å². The topological polar surface area (TPSA) is 71.2 Å². The fourth-order valence-corrected chi connectivity index (χ4v) is 5.84. The molecule has 1 aliphatic carbocycles. The Kier molecular flexibility index (Phi) is 6.38. The summed E-state index contributed by atoms with van der Waals surface area (Å²) in [6.45, 7) is 5.14. The van der Waals surface area contributed by atoms with Gasteiger partial charge in [-0.15, -0.1) is 0 Å². The van der Waals surface area contributed by atoms with E-state index in [1.807, 2.05) is 28.5 Å². The molecule has 0 amide bonds. The largest absolute Gasteiger partial charge is 0.367 e. The number of anilines is 2. The van der Waals surface area contributed by atoms with E-state index < -0.39 is 6.17 Å². The van der Waals surface area contributed by atoms with Crippen molar-refractivity contribution in [2.24, 2.45) is 5.92 Å². The van der Waals surface area contributed by atoms with Crippen molar-refractivity contribution in [3.05, 3.63) is 41.8 Å². The molecule has 3 aromatic heterocycles. The number of aromatic nitrogens is 5. The number of benzene rings is 1. The molecule has 0 bridgehead atoms. The summed E-state index contributed by atoms with van der Waals surface area (Å²) in [5.41, 5.74) is 3.73. The molecule has 2 aliphatic rings. The summed E-state index contributed by atoms with van der Waals surface area (Å²) >= 11 is 0. The minimum Gasteiger partial charge on any atom is -0.367 e. The van der Waals surface area contributed by atoms with Crippen molar-refractivity contribution in [3.63, 3.8) is 0 Å². The molecule has 9 heteroatoms. The van der Waals surface area contributed by atoms with Gasteiger partial charge in [-0.3, -0.25) is 0 Å². The third-order valence-electron chi connectivity index (χ3n) is 7.81. The maximum atomic E-state index is 14.0. The number of fused-ring (bicyclic) bond motifs is 2. The molecule has 7 nitrogen and oxygen atoms in total. The first-order valence-electron chi connectivity index (χ1n) is 13.5. The summed E-state index contributed by atoms with van der Waals surface area (Å²) in [5, 5.41) is 8.60. The van der Waals surface area contributed by atoms with Crippen LogP contribution in [0.15, 0.2) is 30.3 Å². The van der Waals surface area contributed by atoms with Crippen LogP contribution in [0.2, 0.25) is 0 Å². The Bertz CT molecular complexity index is 1430. The normalized spacial score (nSPS) is 22.3. The predicted octanol–water partition coefficient (Wildman–Crippen LogP) is 6.11. The number of hydrogen-bond acceptors (Lipinski definition) is 6. The fraction of sp³-hybridized carbons (Fsp3) is 0.500. The van der Waals surface area contributed by atoms with Crippen LogP contribution in [0.1, 0.15) is 57.6 Å². The van der Waals surface area contributed by atoms with Crippen LogP contribution in [0.25, 0.3) is 28.1 Å². The third kappa shape index (κ3) is 4.83. The molecule has 1 atom stereocenters. The number of halogens is 2. The molecule has 0 unspecified atom stereocenters. The zero-order valence-electron chi connectivity index (χ0n) is 21.4. The molecule has 194 valence electrons. The lowest BCUT2D eigenvalue weighted by atomic mass is 9.83. The molecular weight excluding hydrogens is 472 g/mol. The quantitative estimate of drug-likeness (QED) is 0.341. The van der Waals surface area contributed by atoms with Gasteiger partial charge in [0.25, 0.3) is 0 Å². The average Bonchev–Trinajstić information content (AvgIpc) is 3.51. The molecular formula is C28H33F2N7. The third-order valence-corrected chi connectivity index (χ3v) is 7.81. The van der Waals surface area contributed by atoms with Crippen LogP contribution < -0.4 is 10.2 Å². The SMILES string of the molecule is CCCC1CCC(Nc2cc(N3CC[C@@H](F)C3)nc3cc(-c4nc5cc(F)ccc5nc4C)nn23)CC1. The van der Waals surface area contributed by atoms with Gasteiger partial charge >= 0.3 is 0 Å². The van der Waals surface area contributed by atoms with E-state index >= 15 is 0 Å². The predicted molar refractivity (Wildman–Crippen MR) is 142 cm³/mol. The number of hydrogen-bond donors (Lipinski definition) is 1. The van der Waals surface area contributed by atoms with E-state index in [1.165, 1.54) is 37.8 Å². The van der Waals surface area contributed by atoms with Gasteiger partial charge in [0.15, 0.2) is 5.65 Å². The Balaban J connectivity index is 1.38. The van der Waals surface area contributed by atoms with Crippen molar-refractivity contribution in [1.82, 2.24) is 24.6 Å². The van der Waals surface area contributed by atoms with E-state index in [4.69, 9.17) is 15.1 Å². The highest BCUT2D eigenvalue weighted by molar-refractivity contribution is 5.78. The number of aryl methyl sites for hydroxylation is 1. The molecule has 1 saturated carbocycles. The molecule has 4 aromatic rings. The molecule has 4 heterocycles. The van der Waals surface area contributed by atoms with E-state index in [2.05, 4.69) is 17.2 Å². The van der Waals surface area contributed by atoms with Crippen LogP contribution in [0.3, 0.4) is 0 Å². The maximum absolute atomic E-state index is 14.0. The first-order chi connectivity index (χ1) is 18.0. The van der Waals surface area contributed by atoms with Gasteiger partial charge in [0.05, 0.1) is 23.3 Å². The highest BCUT2D eigenvalue weighted by atomic mass is 19.1. The Morgan fingerprint density at radius 1 is 1.00 bits per heavy atom. The molecule has 1 saturated heterocycles. The van der Waals surface area contributed by atoms with Crippen LogP contribution in [-0.4, -0.2) is 49.9 Å². The van der Waals surface area contributed by atoms with Crippen LogP contribution in [0.5, 0.6) is 0 Å². The van der Waals surface area contributed by atoms with E-state index in [9.17, 15) is 8.78 Å². The molecule has 0 spiro atoms. The summed E-state index contributed by atoms with van der Waals surface area (Å²) in [7, 11) is 0. The van der Waals surface area contributed by atoms with Crippen LogP contribution in [0.4, 0.5) is 20.4 Å². The molecule has 37 heavy (non-hydrogen) atoms. The second kappa shape index (κ2) is 9.84. The second-order valence-electron chi connectivity index (χ2n) is 10.6. The molecule has 1 aliphatic heterocycles. The van der Waals surface area contributed by atoms with Gasteiger partial charge in [0.1, 0.15) is 35.0 Å². The summed E-state index contributed by atoms with van der Waals surface area (Å²) in [6, 6.07) is 8.65. The summed E-state index contributed by atoms with van der Waals surface area (Å²) < 4.78 is 29.7. The zero-order valence-corrected chi connectivity index (χ0v) is 21.4. The molecule has 0 radical (unpaired) electrons. The van der Waals surface area contributed by atoms with Crippen LogP contribution in [-0.2, 0) is 0 Å². The summed E-state index contributed by atoms with van der Waals surface area (Å²) in [5.74, 6) is 2.07. The highest BCUT2D eigenvalue weighted by Crippen LogP contribution is 2.32. The minimum atomic E-state index is -0.834. The molecule has 2 fully saturated rings. The Hall–Kier alpha value is -3.36. The summed E-state index contributed by atoms with van der Waals surface area (Å²) in [6.07, 6.45) is 6.93. The number of rotatable bonds is 6. The van der Waals surface area contributed by atoms with Crippen LogP contribution >= 0.6 is 0 Å². The fourth-order valence-electron chi connectivity index (χ4n) is 5.84. The molecule has 1 N–H and O–H groups in total. The van der Waals surface area contributed by atoms with Gasteiger partial charge < -0.3 is 10.2 Å². The molecule has 1 aromatic carbocycles. The van der Waals surface area contributed by atoms with Gasteiger partial charge in [-0.2, -0.15) is 9.61 Å². The zero-order chi connectivity index (χ0) is 25.5. The number of alkyl halides is 1. The lowest BCUT2D eigenvalue weighted by Gasteiger charge is -2.30. The highest BCUT2D eigenvalue weighted by Gasteiger charge is 2.26. The lowest BCUT2D eigenvalue weighted by Crippen LogP contribution is -2.28. The summed E-state index contributed by atoms with van der Waals surface area (Å²) in [4.78, 5) is 16.2. The Morgan fingerprint density at radius 3 is 2.59 bits per heavy atom. The van der Waals surface area contributed by atoms with Crippen LogP contribution in [0, 0.1) is 18.7 Å². The van der Waals surface area contributed by atoms with E-state index in [-0.39, 0.29) is 5.82 Å². The monoisotopic (exact) mass is 505 g/mol. The minimum absolute atomic E-state index is 0.352. The van der Waals surface area contributed by atoms with Gasteiger partial charge in [-0.25, -0.2) is 23.7 Å². The van der Waals surface area contributed by atoms with E-state index in [1.54, 1.807) is 6.07 Å². The van der Waals surface area contributed by atoms with Gasteiger partial charge in [-0.05, 0) is 57.1 Å². The van der Waals surface area contributed by atoms with Crippen molar-refractivity contribution in [3.8, 4) is 11.4 Å². The van der Waals surface area contributed by atoms with Crippen molar-refractivity contribution in [1.29, 1.82) is 0 Å². The first-order valence-corrected chi connectivity index (χ1v) is 13.5. The lowest BCUT2D eigenvalue weighted by molar-refractivity contribution is 0.318. The van der Waals surface area contributed by atoms with Crippen molar-refractivity contribution in [2.45, 2.75) is 71.0 Å². The Morgan fingerprint density at radius 2 is 1.84 bits per heavy atom. The van der Waals surface area contributed by atoms with E-state index in [0.717, 1.165) is 30.4 Å². The Labute approximate surface area is 215 Å². The number of nitrogens with one attached hydrogen (secondary N) is 1. The van der Waals surface area contributed by atoms with Gasteiger partial charge in [-0.1, -0.05) is 19.8 Å². The second-order valence-corrected chi connectivity index (χ2v) is 10.6. The first kappa shape index (κ1) is 24.0. The average molecular weight is 506 g/mol. The maximum Gasteiger partial charge on any atom is 0.160 e. The number of nitrogens with zero attached hydrogens (tertiary/aromatic N) is 6. The molecule has 6 rings (SSSR count). The van der Waals surface area contributed by atoms with Gasteiger partial charge in [0, 0.05) is 30.8 Å². The standard InChI is InChI=1S/C28H33F2N7/c1-3-4-18-5-8-21(9-6-18)32-27-15-25(36-12-11-20(30)16-36)34-26-14-24(35-37(26)27)28-17(2)31-22-10-7-19(29)13-23(22)33-28/h7,10,13-15,18,20-21,32H,3-6,8-9,11-12,16H2,1-2H3/t18?,20-,21?/m1/s1. The van der Waals surface area contributed by atoms with Crippen molar-refractivity contribution >= 4 is 28.3 Å². The van der Waals surface area contributed by atoms with Crippen molar-refractivity contribution in [2.75, 3.05) is 23.3 Å². The van der Waals surface area contributed by atoms with E-state index in [0.29, 0.717) is 59.3 Å².